The van der Waals surface area contributed by atoms with Crippen molar-refractivity contribution in [2.75, 3.05) is 0 Å². The quantitative estimate of drug-likeness (QED) is 0.378. The number of thiophene rings is 1. The van der Waals surface area contributed by atoms with Crippen molar-refractivity contribution in [3.8, 4) is 6.07 Å². The summed E-state index contributed by atoms with van der Waals surface area (Å²) in [6, 6.07) is 11.0. The summed E-state index contributed by atoms with van der Waals surface area (Å²) in [7, 11) is 0. The molecule has 0 amide bonds. The molecule has 1 aliphatic carbocycles. The molecule has 1 aliphatic rings. The van der Waals surface area contributed by atoms with Crippen LogP contribution in [0.15, 0.2) is 51.0 Å². The Morgan fingerprint density at radius 2 is 2.09 bits per heavy atom. The van der Waals surface area contributed by atoms with Gasteiger partial charge in [-0.3, -0.25) is 0 Å². The SMILES string of the molecule is CCC1=C(I)[C@@](CC)(CC#N)C=C[C@H]1c1csc2ccccc12. The maximum Gasteiger partial charge on any atom is 0.0634 e. The zero-order chi connectivity index (χ0) is 16.4. The van der Waals surface area contributed by atoms with Gasteiger partial charge >= 0.3 is 0 Å². The van der Waals surface area contributed by atoms with E-state index in [2.05, 4.69) is 84.3 Å². The van der Waals surface area contributed by atoms with Crippen LogP contribution >= 0.6 is 33.9 Å². The zero-order valence-electron chi connectivity index (χ0n) is 13.5. The van der Waals surface area contributed by atoms with E-state index >= 15 is 0 Å². The average molecular weight is 433 g/mol. The van der Waals surface area contributed by atoms with E-state index < -0.39 is 0 Å². The third-order valence-corrected chi connectivity index (χ3v) is 7.70. The summed E-state index contributed by atoms with van der Waals surface area (Å²) in [5.74, 6) is 0.349. The first-order valence-electron chi connectivity index (χ1n) is 8.08. The molecule has 23 heavy (non-hydrogen) atoms. The van der Waals surface area contributed by atoms with Crippen LogP contribution in [0.25, 0.3) is 10.1 Å². The van der Waals surface area contributed by atoms with Gasteiger partial charge in [0, 0.05) is 26.0 Å². The largest absolute Gasteiger partial charge is 0.198 e. The fraction of sp³-hybridized carbons (Fsp3) is 0.350. The van der Waals surface area contributed by atoms with Crippen molar-refractivity contribution in [2.24, 2.45) is 5.41 Å². The zero-order valence-corrected chi connectivity index (χ0v) is 16.4. The van der Waals surface area contributed by atoms with Crippen molar-refractivity contribution in [3.63, 3.8) is 0 Å². The standard InChI is InChI=1S/C20H20INS/c1-3-14-15(9-10-20(4-2,11-12-22)19(14)21)17-13-23-18-8-6-5-7-16(17)18/h5-10,13,15H,3-4,11H2,1-2H3/t15-,20-/m1/s1. The molecule has 1 nitrogen and oxygen atoms in total. The van der Waals surface area contributed by atoms with Crippen molar-refractivity contribution in [3.05, 3.63) is 56.5 Å². The molecular weight excluding hydrogens is 413 g/mol. The molecule has 2 aromatic rings. The van der Waals surface area contributed by atoms with Gasteiger partial charge < -0.3 is 0 Å². The fourth-order valence-electron chi connectivity index (χ4n) is 3.51. The van der Waals surface area contributed by atoms with Crippen molar-refractivity contribution < 1.29 is 0 Å². The van der Waals surface area contributed by atoms with Crippen LogP contribution in [0.1, 0.15) is 44.6 Å². The maximum absolute atomic E-state index is 9.27. The molecule has 0 aliphatic heterocycles. The van der Waals surface area contributed by atoms with E-state index in [1.54, 1.807) is 0 Å². The number of benzene rings is 1. The van der Waals surface area contributed by atoms with Crippen LogP contribution < -0.4 is 0 Å². The Balaban J connectivity index is 2.12. The van der Waals surface area contributed by atoms with Gasteiger partial charge in [-0.15, -0.1) is 11.3 Å². The highest BCUT2D eigenvalue weighted by molar-refractivity contribution is 14.1. The number of halogens is 1. The second-order valence-electron chi connectivity index (χ2n) is 6.06. The minimum Gasteiger partial charge on any atom is -0.198 e. The Kier molecular flexibility index (Phi) is 4.93. The van der Waals surface area contributed by atoms with Crippen molar-refractivity contribution in [1.29, 1.82) is 5.26 Å². The summed E-state index contributed by atoms with van der Waals surface area (Å²) in [5.41, 5.74) is 2.81. The van der Waals surface area contributed by atoms with Crippen molar-refractivity contribution in [2.45, 2.75) is 39.0 Å². The smallest absolute Gasteiger partial charge is 0.0634 e. The van der Waals surface area contributed by atoms with E-state index in [1.165, 1.54) is 24.8 Å². The first-order valence-corrected chi connectivity index (χ1v) is 10.0. The third kappa shape index (κ3) is 2.77. The lowest BCUT2D eigenvalue weighted by Crippen LogP contribution is -2.23. The number of hydrogen-bond donors (Lipinski definition) is 0. The Labute approximate surface area is 155 Å². The average Bonchev–Trinajstić information content (AvgIpc) is 3.00. The molecule has 2 atom stereocenters. The number of allylic oxidation sites excluding steroid dienone is 4. The van der Waals surface area contributed by atoms with Gasteiger partial charge in [-0.2, -0.15) is 5.26 Å². The molecule has 0 unspecified atom stereocenters. The molecule has 3 rings (SSSR count). The van der Waals surface area contributed by atoms with E-state index in [-0.39, 0.29) is 5.41 Å². The lowest BCUT2D eigenvalue weighted by molar-refractivity contribution is 0.464. The molecular formula is C20H20INS. The molecule has 1 aromatic heterocycles. The van der Waals surface area contributed by atoms with Gasteiger partial charge in [-0.1, -0.05) is 44.2 Å². The molecule has 0 N–H and O–H groups in total. The molecule has 0 saturated heterocycles. The summed E-state index contributed by atoms with van der Waals surface area (Å²) < 4.78 is 2.73. The van der Waals surface area contributed by atoms with Gasteiger partial charge in [0.05, 0.1) is 6.07 Å². The Morgan fingerprint density at radius 3 is 2.78 bits per heavy atom. The van der Waals surface area contributed by atoms with Gasteiger partial charge in [-0.05, 0) is 63.4 Å². The number of nitrogens with zero attached hydrogens (tertiary/aromatic N) is 1. The highest BCUT2D eigenvalue weighted by Gasteiger charge is 2.36. The summed E-state index contributed by atoms with van der Waals surface area (Å²) >= 11 is 4.33. The summed E-state index contributed by atoms with van der Waals surface area (Å²) in [5, 5.41) is 12.9. The lowest BCUT2D eigenvalue weighted by atomic mass is 9.72. The van der Waals surface area contributed by atoms with Gasteiger partial charge in [0.25, 0.3) is 0 Å². The van der Waals surface area contributed by atoms with Gasteiger partial charge in [0.2, 0.25) is 0 Å². The van der Waals surface area contributed by atoms with Crippen LogP contribution in [0.2, 0.25) is 0 Å². The monoisotopic (exact) mass is 433 g/mol. The van der Waals surface area contributed by atoms with E-state index in [1.807, 2.05) is 11.3 Å². The minimum absolute atomic E-state index is 0.0804. The number of nitriles is 1. The highest BCUT2D eigenvalue weighted by atomic mass is 127. The van der Waals surface area contributed by atoms with Gasteiger partial charge in [-0.25, -0.2) is 0 Å². The first-order chi connectivity index (χ1) is 11.2. The van der Waals surface area contributed by atoms with E-state index in [9.17, 15) is 5.26 Å². The Morgan fingerprint density at radius 1 is 1.30 bits per heavy atom. The van der Waals surface area contributed by atoms with Crippen LogP contribution in [0.3, 0.4) is 0 Å². The van der Waals surface area contributed by atoms with Crippen LogP contribution in [-0.4, -0.2) is 0 Å². The second kappa shape index (κ2) is 6.78. The van der Waals surface area contributed by atoms with Crippen LogP contribution in [0.5, 0.6) is 0 Å². The first kappa shape index (κ1) is 16.7. The Hall–Kier alpha value is -1.12. The lowest BCUT2D eigenvalue weighted by Gasteiger charge is -2.35. The molecule has 3 heteroatoms. The van der Waals surface area contributed by atoms with Crippen LogP contribution in [0.4, 0.5) is 0 Å². The molecule has 0 bridgehead atoms. The number of fused-ring (bicyclic) bond motifs is 1. The van der Waals surface area contributed by atoms with E-state index in [0.29, 0.717) is 12.3 Å². The predicted octanol–water partition coefficient (Wildman–Crippen LogP) is 6.96. The molecule has 1 heterocycles. The molecule has 0 spiro atoms. The summed E-state index contributed by atoms with van der Waals surface area (Å²) in [4.78, 5) is 0. The van der Waals surface area contributed by atoms with Crippen LogP contribution in [0, 0.1) is 16.7 Å². The van der Waals surface area contributed by atoms with E-state index in [0.717, 1.165) is 12.8 Å². The molecule has 0 fully saturated rings. The minimum atomic E-state index is -0.0804. The fourth-order valence-corrected chi connectivity index (χ4v) is 5.97. The molecule has 0 radical (unpaired) electrons. The third-order valence-electron chi connectivity index (χ3n) is 4.95. The predicted molar refractivity (Wildman–Crippen MR) is 108 cm³/mol. The van der Waals surface area contributed by atoms with Crippen LogP contribution in [-0.2, 0) is 0 Å². The summed E-state index contributed by atoms with van der Waals surface area (Å²) in [6.45, 7) is 4.43. The normalized spacial score (nSPS) is 24.2. The highest BCUT2D eigenvalue weighted by Crippen LogP contribution is 2.51. The number of rotatable bonds is 4. The van der Waals surface area contributed by atoms with Crippen molar-refractivity contribution >= 4 is 44.0 Å². The molecule has 1 aromatic carbocycles. The number of hydrogen-bond acceptors (Lipinski definition) is 2. The van der Waals surface area contributed by atoms with Gasteiger partial charge in [0.15, 0.2) is 0 Å². The topological polar surface area (TPSA) is 23.8 Å². The molecule has 0 saturated carbocycles. The van der Waals surface area contributed by atoms with Crippen molar-refractivity contribution in [1.82, 2.24) is 0 Å². The van der Waals surface area contributed by atoms with E-state index in [4.69, 9.17) is 0 Å². The maximum atomic E-state index is 9.27. The second-order valence-corrected chi connectivity index (χ2v) is 8.05. The van der Waals surface area contributed by atoms with Gasteiger partial charge in [0.1, 0.15) is 0 Å². The Bertz CT molecular complexity index is 824. The summed E-state index contributed by atoms with van der Waals surface area (Å²) in [6.07, 6.45) is 7.23. The molecule has 118 valence electrons.